The average molecular weight is 457 g/mol. The van der Waals surface area contributed by atoms with Crippen LogP contribution in [0.1, 0.15) is 54.9 Å². The van der Waals surface area contributed by atoms with Crippen LogP contribution in [0.2, 0.25) is 0 Å². The van der Waals surface area contributed by atoms with Gasteiger partial charge in [-0.05, 0) is 86.6 Å². The van der Waals surface area contributed by atoms with Gasteiger partial charge >= 0.3 is 12.1 Å². The summed E-state index contributed by atoms with van der Waals surface area (Å²) in [6, 6.07) is 1.02. The van der Waals surface area contributed by atoms with Gasteiger partial charge in [-0.2, -0.15) is 5.26 Å². The molecule has 1 heterocycles. The normalized spacial score (nSPS) is 23.3. The van der Waals surface area contributed by atoms with E-state index in [1.807, 2.05) is 0 Å². The summed E-state index contributed by atoms with van der Waals surface area (Å²) in [5.74, 6) is 0. The maximum atomic E-state index is 13.2. The van der Waals surface area contributed by atoms with Gasteiger partial charge in [0.2, 0.25) is 6.19 Å². The van der Waals surface area contributed by atoms with Crippen molar-refractivity contribution in [2.75, 3.05) is 11.9 Å². The number of nitrogens with two attached hydrogens (primary N) is 1. The highest BCUT2D eigenvalue weighted by molar-refractivity contribution is 7.95. The monoisotopic (exact) mass is 456 g/mol. The van der Waals surface area contributed by atoms with Gasteiger partial charge in [0.15, 0.2) is 9.92 Å². The van der Waals surface area contributed by atoms with Gasteiger partial charge in [-0.3, -0.25) is 0 Å². The Bertz CT molecular complexity index is 1130. The molecule has 2 aliphatic carbocycles. The summed E-state index contributed by atoms with van der Waals surface area (Å²) in [5.41, 5.74) is 10.3. The number of amides is 4. The van der Waals surface area contributed by atoms with Crippen molar-refractivity contribution in [3.05, 3.63) is 39.8 Å². The molecule has 9 nitrogen and oxygen atoms in total. The second-order valence-corrected chi connectivity index (χ2v) is 10.6. The minimum absolute atomic E-state index is 0.491. The molecule has 1 fully saturated rings. The Labute approximate surface area is 188 Å². The van der Waals surface area contributed by atoms with Crippen LogP contribution in [0.3, 0.4) is 0 Å². The molecule has 2 atom stereocenters. The van der Waals surface area contributed by atoms with E-state index in [1.165, 1.54) is 27.6 Å². The third-order valence-corrected chi connectivity index (χ3v) is 8.02. The van der Waals surface area contributed by atoms with Gasteiger partial charge in [0.25, 0.3) is 0 Å². The van der Waals surface area contributed by atoms with Crippen molar-refractivity contribution in [3.63, 3.8) is 0 Å². The van der Waals surface area contributed by atoms with Crippen molar-refractivity contribution >= 4 is 27.7 Å². The summed E-state index contributed by atoms with van der Waals surface area (Å²) < 4.78 is 19.1. The fourth-order valence-corrected chi connectivity index (χ4v) is 6.24. The van der Waals surface area contributed by atoms with Crippen molar-refractivity contribution in [2.45, 2.75) is 63.8 Å². The summed E-state index contributed by atoms with van der Waals surface area (Å²) >= 11 is 0. The van der Waals surface area contributed by atoms with Gasteiger partial charge in [-0.15, -0.1) is 0 Å². The number of aryl methyl sites for hydroxylation is 2. The quantitative estimate of drug-likeness (QED) is 0.599. The van der Waals surface area contributed by atoms with Gasteiger partial charge < -0.3 is 16.0 Å². The number of anilines is 1. The summed E-state index contributed by atoms with van der Waals surface area (Å²) in [5, 5.41) is 13.2. The average Bonchev–Trinajstić information content (AvgIpc) is 3.46. The van der Waals surface area contributed by atoms with Crippen molar-refractivity contribution in [3.8, 4) is 6.19 Å². The summed E-state index contributed by atoms with van der Waals surface area (Å²) in [7, 11) is -3.52. The van der Waals surface area contributed by atoms with Crippen molar-refractivity contribution in [1.29, 1.82) is 5.26 Å². The minimum atomic E-state index is -3.52. The number of nitriles is 1. The van der Waals surface area contributed by atoms with Crippen LogP contribution in [-0.2, 0) is 35.6 Å². The van der Waals surface area contributed by atoms with Crippen LogP contribution in [0.15, 0.2) is 21.9 Å². The van der Waals surface area contributed by atoms with E-state index < -0.39 is 27.5 Å². The molecular weight excluding hydrogens is 428 g/mol. The molecule has 4 amide bonds. The predicted octanol–water partition coefficient (Wildman–Crippen LogP) is 3.10. The zero-order chi connectivity index (χ0) is 22.9. The molecule has 1 saturated heterocycles. The van der Waals surface area contributed by atoms with Gasteiger partial charge in [0.05, 0.1) is 5.54 Å². The Balaban J connectivity index is 1.57. The number of nitrogens with zero attached hydrogens (tertiary/aromatic N) is 3. The van der Waals surface area contributed by atoms with Crippen LogP contribution >= 0.6 is 0 Å². The van der Waals surface area contributed by atoms with Crippen LogP contribution in [0.4, 0.5) is 15.3 Å². The van der Waals surface area contributed by atoms with Crippen molar-refractivity contribution in [1.82, 2.24) is 9.62 Å². The molecular formula is C22H28N6O3S. The number of likely N-dealkylation sites (tertiary alicyclic amines) is 1. The molecule has 4 N–H and O–H groups in total. The van der Waals surface area contributed by atoms with E-state index in [2.05, 4.69) is 20.5 Å². The smallest absolute Gasteiger partial charge is 0.331 e. The van der Waals surface area contributed by atoms with Crippen LogP contribution in [0.5, 0.6) is 0 Å². The van der Waals surface area contributed by atoms with Gasteiger partial charge in [-0.1, -0.05) is 10.4 Å². The number of hydrogen-bond acceptors (Lipinski definition) is 5. The zero-order valence-corrected chi connectivity index (χ0v) is 19.0. The summed E-state index contributed by atoms with van der Waals surface area (Å²) in [6.07, 6.45) is 10.3. The highest BCUT2D eigenvalue weighted by atomic mass is 32.2. The molecule has 0 spiro atoms. The molecule has 10 heteroatoms. The first kappa shape index (κ1) is 22.1. The lowest BCUT2D eigenvalue weighted by Crippen LogP contribution is -2.46. The molecule has 1 aromatic rings. The number of carbonyl (C=O) groups excluding carboxylic acids is 2. The van der Waals surface area contributed by atoms with E-state index in [4.69, 9.17) is 11.0 Å². The van der Waals surface area contributed by atoms with E-state index in [0.29, 0.717) is 13.0 Å². The predicted molar refractivity (Wildman–Crippen MR) is 122 cm³/mol. The number of carbonyl (C=O) groups is 2. The highest BCUT2D eigenvalue weighted by Crippen LogP contribution is 2.38. The minimum Gasteiger partial charge on any atom is -0.351 e. The fraction of sp³-hybridized carbons (Fsp3) is 0.500. The Morgan fingerprint density at radius 1 is 1.22 bits per heavy atom. The maximum absolute atomic E-state index is 13.2. The molecule has 0 aromatic heterocycles. The third-order valence-electron chi connectivity index (χ3n) is 6.69. The van der Waals surface area contributed by atoms with E-state index in [1.54, 1.807) is 13.0 Å². The molecule has 32 heavy (non-hydrogen) atoms. The summed E-state index contributed by atoms with van der Waals surface area (Å²) in [6.45, 7) is 2.29. The van der Waals surface area contributed by atoms with Crippen LogP contribution in [0, 0.1) is 11.5 Å². The number of primary amides is 1. The SMILES string of the molecule is C[C@@]1(/C=C/S(=O)(=NC#N)NC(=O)Nc2c3c(cc4c2CCC4)CCC3)CCCN1C(N)=O. The number of urea groups is 2. The Morgan fingerprint density at radius 2 is 1.88 bits per heavy atom. The number of hydrogen-bond donors (Lipinski definition) is 3. The molecule has 1 unspecified atom stereocenters. The molecule has 0 saturated carbocycles. The van der Waals surface area contributed by atoms with Gasteiger partial charge in [-0.25, -0.2) is 18.5 Å². The first-order chi connectivity index (χ1) is 15.2. The molecule has 0 bridgehead atoms. The van der Waals surface area contributed by atoms with E-state index >= 15 is 0 Å². The van der Waals surface area contributed by atoms with Crippen LogP contribution in [-0.4, -0.2) is 33.3 Å². The van der Waals surface area contributed by atoms with E-state index in [-0.39, 0.29) is 0 Å². The molecule has 1 aliphatic heterocycles. The zero-order valence-electron chi connectivity index (χ0n) is 18.1. The Kier molecular flexibility index (Phi) is 5.86. The fourth-order valence-electron chi connectivity index (χ4n) is 5.15. The number of benzene rings is 1. The standard InChI is InChI=1S/C22H28N6O3S/c1-22(9-4-11-28(22)20(24)29)10-12-32(31,25-14-23)27-21(30)26-19-17-7-2-5-15(17)13-16-6-3-8-18(16)19/h10,12-13H,2-9,11H2,1H3,(H2,24,29)(H2,25,26,27,30,31)/b12-10+/t22-,32?/m0/s1. The van der Waals surface area contributed by atoms with Crippen LogP contribution < -0.4 is 15.8 Å². The van der Waals surface area contributed by atoms with Crippen molar-refractivity contribution < 1.29 is 13.8 Å². The lowest BCUT2D eigenvalue weighted by molar-refractivity contribution is 0.186. The number of fused-ring (bicyclic) bond motifs is 2. The molecule has 4 rings (SSSR count). The highest BCUT2D eigenvalue weighted by Gasteiger charge is 2.37. The molecule has 1 aromatic carbocycles. The molecule has 0 radical (unpaired) electrons. The van der Waals surface area contributed by atoms with E-state index in [0.717, 1.165) is 61.8 Å². The van der Waals surface area contributed by atoms with E-state index in [9.17, 15) is 13.8 Å². The number of nitrogens with one attached hydrogen (secondary N) is 2. The topological polar surface area (TPSA) is 141 Å². The molecule has 170 valence electrons. The lowest BCUT2D eigenvalue weighted by Gasteiger charge is -2.31. The maximum Gasteiger partial charge on any atom is 0.331 e. The summed E-state index contributed by atoms with van der Waals surface area (Å²) in [4.78, 5) is 26.1. The Hall–Kier alpha value is -3.06. The third kappa shape index (κ3) is 4.17. The Morgan fingerprint density at radius 3 is 2.47 bits per heavy atom. The second kappa shape index (κ2) is 8.47. The lowest BCUT2D eigenvalue weighted by atomic mass is 9.99. The first-order valence-corrected chi connectivity index (χ1v) is 12.5. The molecule has 3 aliphatic rings. The second-order valence-electron chi connectivity index (χ2n) is 8.80. The van der Waals surface area contributed by atoms with Crippen molar-refractivity contribution in [2.24, 2.45) is 10.1 Å². The van der Waals surface area contributed by atoms with Gasteiger partial charge in [0.1, 0.15) is 0 Å². The number of rotatable bonds is 4. The first-order valence-electron chi connectivity index (χ1n) is 10.9. The largest absolute Gasteiger partial charge is 0.351 e. The van der Waals surface area contributed by atoms with Gasteiger partial charge in [0, 0.05) is 17.6 Å². The van der Waals surface area contributed by atoms with Crippen LogP contribution in [0.25, 0.3) is 0 Å².